The van der Waals surface area contributed by atoms with E-state index in [9.17, 15) is 0 Å². The first-order valence-electron chi connectivity index (χ1n) is 5.22. The molecule has 0 aromatic carbocycles. The van der Waals surface area contributed by atoms with E-state index in [2.05, 4.69) is 25.7 Å². The fourth-order valence-corrected chi connectivity index (χ4v) is 1.49. The molecule has 1 heteroatoms. The van der Waals surface area contributed by atoms with Gasteiger partial charge in [-0.3, -0.25) is 0 Å². The Bertz CT molecular complexity index is 153. The molecule has 0 heterocycles. The van der Waals surface area contributed by atoms with E-state index in [0.29, 0.717) is 0 Å². The van der Waals surface area contributed by atoms with Crippen LogP contribution in [0.1, 0.15) is 39.5 Å². The van der Waals surface area contributed by atoms with Crippen LogP contribution in [0.5, 0.6) is 0 Å². The van der Waals surface area contributed by atoms with Gasteiger partial charge in [-0.25, -0.2) is 0 Å². The van der Waals surface area contributed by atoms with E-state index < -0.39 is 0 Å². The summed E-state index contributed by atoms with van der Waals surface area (Å²) in [5, 5.41) is 0. The van der Waals surface area contributed by atoms with Gasteiger partial charge in [0.15, 0.2) is 0 Å². The lowest BCUT2D eigenvalue weighted by Crippen LogP contribution is -2.07. The van der Waals surface area contributed by atoms with E-state index in [0.717, 1.165) is 30.9 Å². The first-order valence-corrected chi connectivity index (χ1v) is 5.22. The van der Waals surface area contributed by atoms with Crippen LogP contribution in [-0.2, 0) is 0 Å². The molecule has 0 aromatic heterocycles. The summed E-state index contributed by atoms with van der Waals surface area (Å²) in [6.45, 7) is 8.89. The second kappa shape index (κ2) is 8.06. The van der Waals surface area contributed by atoms with Gasteiger partial charge in [-0.1, -0.05) is 44.1 Å². The van der Waals surface area contributed by atoms with Crippen molar-refractivity contribution in [2.75, 3.05) is 6.54 Å². The highest BCUT2D eigenvalue weighted by Gasteiger charge is 2.03. The van der Waals surface area contributed by atoms with Crippen molar-refractivity contribution in [2.24, 2.45) is 11.7 Å². The standard InChI is InChI=1S/C12H23N/c1-4-6-12(9-10-13)8-5-7-11(2)3/h5,7,12H,2,4,6,8-10,13H2,1,3H3/b7-5-. The third-order valence-corrected chi connectivity index (χ3v) is 2.14. The number of nitrogens with two attached hydrogens (primary N) is 1. The van der Waals surface area contributed by atoms with Gasteiger partial charge in [-0.05, 0) is 32.2 Å². The van der Waals surface area contributed by atoms with Gasteiger partial charge in [0.1, 0.15) is 0 Å². The Kier molecular flexibility index (Phi) is 7.71. The third-order valence-electron chi connectivity index (χ3n) is 2.14. The lowest BCUT2D eigenvalue weighted by atomic mass is 9.96. The zero-order chi connectivity index (χ0) is 10.1. The van der Waals surface area contributed by atoms with E-state index >= 15 is 0 Å². The number of rotatable bonds is 7. The van der Waals surface area contributed by atoms with E-state index in [1.54, 1.807) is 0 Å². The largest absolute Gasteiger partial charge is 0.330 e. The Morgan fingerprint density at radius 1 is 1.46 bits per heavy atom. The van der Waals surface area contributed by atoms with Gasteiger partial charge < -0.3 is 5.73 Å². The Labute approximate surface area is 82.7 Å². The van der Waals surface area contributed by atoms with Gasteiger partial charge in [-0.15, -0.1) is 0 Å². The molecule has 0 fully saturated rings. The van der Waals surface area contributed by atoms with Gasteiger partial charge in [0, 0.05) is 0 Å². The zero-order valence-corrected chi connectivity index (χ0v) is 9.05. The van der Waals surface area contributed by atoms with Crippen LogP contribution in [0.4, 0.5) is 0 Å². The van der Waals surface area contributed by atoms with Crippen molar-refractivity contribution < 1.29 is 0 Å². The van der Waals surface area contributed by atoms with Crippen LogP contribution >= 0.6 is 0 Å². The van der Waals surface area contributed by atoms with Gasteiger partial charge in [0.25, 0.3) is 0 Å². The summed E-state index contributed by atoms with van der Waals surface area (Å²) in [4.78, 5) is 0. The molecular weight excluding hydrogens is 158 g/mol. The summed E-state index contributed by atoms with van der Waals surface area (Å²) in [5.41, 5.74) is 6.68. The maximum Gasteiger partial charge on any atom is -0.00745 e. The van der Waals surface area contributed by atoms with Crippen LogP contribution in [0.25, 0.3) is 0 Å². The molecule has 0 saturated carbocycles. The van der Waals surface area contributed by atoms with E-state index in [1.165, 1.54) is 12.8 Å². The van der Waals surface area contributed by atoms with Crippen molar-refractivity contribution in [3.63, 3.8) is 0 Å². The smallest absolute Gasteiger partial charge is 0.00745 e. The molecule has 0 radical (unpaired) electrons. The molecule has 0 aliphatic carbocycles. The highest BCUT2D eigenvalue weighted by molar-refractivity contribution is 5.10. The molecule has 0 amide bonds. The molecule has 0 saturated heterocycles. The van der Waals surface area contributed by atoms with Crippen LogP contribution in [0.15, 0.2) is 24.3 Å². The van der Waals surface area contributed by atoms with E-state index in [1.807, 2.05) is 6.92 Å². The summed E-state index contributed by atoms with van der Waals surface area (Å²) < 4.78 is 0. The number of hydrogen-bond acceptors (Lipinski definition) is 1. The minimum atomic E-state index is 0.769. The van der Waals surface area contributed by atoms with Crippen LogP contribution in [0.3, 0.4) is 0 Å². The van der Waals surface area contributed by atoms with Crippen molar-refractivity contribution in [3.8, 4) is 0 Å². The normalized spacial score (nSPS) is 13.5. The second-order valence-electron chi connectivity index (χ2n) is 3.72. The molecular formula is C12H23N. The lowest BCUT2D eigenvalue weighted by molar-refractivity contribution is 0.456. The maximum atomic E-state index is 5.55. The van der Waals surface area contributed by atoms with Crippen molar-refractivity contribution in [1.29, 1.82) is 0 Å². The predicted molar refractivity (Wildman–Crippen MR) is 60.6 cm³/mol. The molecule has 13 heavy (non-hydrogen) atoms. The zero-order valence-electron chi connectivity index (χ0n) is 9.05. The minimum Gasteiger partial charge on any atom is -0.330 e. The molecule has 0 rings (SSSR count). The number of hydrogen-bond donors (Lipinski definition) is 1. The Morgan fingerprint density at radius 3 is 2.62 bits per heavy atom. The van der Waals surface area contributed by atoms with Crippen LogP contribution in [-0.4, -0.2) is 6.54 Å². The molecule has 1 atom stereocenters. The SMILES string of the molecule is C=C(C)/C=C\CC(CCC)CCN. The average molecular weight is 181 g/mol. The summed E-state index contributed by atoms with van der Waals surface area (Å²) in [5.74, 6) is 0.769. The summed E-state index contributed by atoms with van der Waals surface area (Å²) in [6.07, 6.45) is 9.16. The molecule has 1 unspecified atom stereocenters. The quantitative estimate of drug-likeness (QED) is 0.599. The fraction of sp³-hybridized carbons (Fsp3) is 0.667. The third kappa shape index (κ3) is 7.79. The van der Waals surface area contributed by atoms with Crippen molar-refractivity contribution in [3.05, 3.63) is 24.3 Å². The van der Waals surface area contributed by atoms with Gasteiger partial charge >= 0.3 is 0 Å². The average Bonchev–Trinajstić information content (AvgIpc) is 2.04. The van der Waals surface area contributed by atoms with Crippen molar-refractivity contribution in [2.45, 2.75) is 39.5 Å². The Morgan fingerprint density at radius 2 is 2.15 bits per heavy atom. The second-order valence-corrected chi connectivity index (χ2v) is 3.72. The molecule has 2 N–H and O–H groups in total. The monoisotopic (exact) mass is 181 g/mol. The molecule has 76 valence electrons. The van der Waals surface area contributed by atoms with Crippen LogP contribution in [0, 0.1) is 5.92 Å². The van der Waals surface area contributed by atoms with E-state index in [-0.39, 0.29) is 0 Å². The summed E-state index contributed by atoms with van der Waals surface area (Å²) in [7, 11) is 0. The van der Waals surface area contributed by atoms with E-state index in [4.69, 9.17) is 5.73 Å². The predicted octanol–water partition coefficient (Wildman–Crippen LogP) is 3.27. The summed E-state index contributed by atoms with van der Waals surface area (Å²) in [6, 6.07) is 0. The molecule has 1 nitrogen and oxygen atoms in total. The Balaban J connectivity index is 3.73. The Hall–Kier alpha value is -0.560. The number of allylic oxidation sites excluding steroid dienone is 3. The topological polar surface area (TPSA) is 26.0 Å². The molecule has 0 bridgehead atoms. The van der Waals surface area contributed by atoms with Gasteiger partial charge in [-0.2, -0.15) is 0 Å². The van der Waals surface area contributed by atoms with Crippen LogP contribution in [0.2, 0.25) is 0 Å². The summed E-state index contributed by atoms with van der Waals surface area (Å²) >= 11 is 0. The highest BCUT2D eigenvalue weighted by atomic mass is 14.5. The molecule has 0 spiro atoms. The maximum absolute atomic E-state index is 5.55. The highest BCUT2D eigenvalue weighted by Crippen LogP contribution is 2.15. The van der Waals surface area contributed by atoms with Gasteiger partial charge in [0.2, 0.25) is 0 Å². The van der Waals surface area contributed by atoms with Gasteiger partial charge in [0.05, 0.1) is 0 Å². The molecule has 0 aromatic rings. The first-order chi connectivity index (χ1) is 6.20. The fourth-order valence-electron chi connectivity index (χ4n) is 1.49. The van der Waals surface area contributed by atoms with Crippen molar-refractivity contribution in [1.82, 2.24) is 0 Å². The minimum absolute atomic E-state index is 0.769. The first kappa shape index (κ1) is 12.4. The molecule has 0 aliphatic heterocycles. The van der Waals surface area contributed by atoms with Crippen molar-refractivity contribution >= 4 is 0 Å². The molecule has 0 aliphatic rings. The van der Waals surface area contributed by atoms with Crippen LogP contribution < -0.4 is 5.73 Å². The lowest BCUT2D eigenvalue weighted by Gasteiger charge is -2.11.